The van der Waals surface area contributed by atoms with Gasteiger partial charge >= 0.3 is 0 Å². The van der Waals surface area contributed by atoms with E-state index in [1.54, 1.807) is 23.1 Å². The average Bonchev–Trinajstić information content (AvgIpc) is 2.92. The van der Waals surface area contributed by atoms with E-state index in [0.29, 0.717) is 30.2 Å². The highest BCUT2D eigenvalue weighted by atomic mass is 16.5. The van der Waals surface area contributed by atoms with Crippen LogP contribution in [0, 0.1) is 17.3 Å². The molecule has 1 aliphatic heterocycles. The number of hydrogen-bond acceptors (Lipinski definition) is 5. The van der Waals surface area contributed by atoms with Crippen molar-refractivity contribution in [3.63, 3.8) is 0 Å². The van der Waals surface area contributed by atoms with Crippen LogP contribution in [0.1, 0.15) is 10.4 Å². The molecule has 22 heavy (non-hydrogen) atoms. The number of piperidine rings is 1. The lowest BCUT2D eigenvalue weighted by atomic mass is 10.0. The smallest absolute Gasteiger partial charge is 0.261 e. The molecule has 1 saturated carbocycles. The predicted octanol–water partition coefficient (Wildman–Crippen LogP) is 0.377. The first-order valence-corrected chi connectivity index (χ1v) is 7.35. The minimum absolute atomic E-state index is 0.0289. The van der Waals surface area contributed by atoms with Crippen LogP contribution in [0.15, 0.2) is 18.2 Å². The molecule has 1 heterocycles. The minimum Gasteiger partial charge on any atom is -0.496 e. The number of hydrogen-bond donors (Lipinski definition) is 2. The van der Waals surface area contributed by atoms with Crippen LogP contribution in [-0.4, -0.2) is 61.5 Å². The first-order chi connectivity index (χ1) is 10.6. The molecule has 2 unspecified atom stereocenters. The number of benzene rings is 1. The Morgan fingerprint density at radius 1 is 1.18 bits per heavy atom. The summed E-state index contributed by atoms with van der Waals surface area (Å²) >= 11 is 0. The number of likely N-dealkylation sites (tertiary alicyclic amines) is 1. The molecular weight excluding hydrogens is 286 g/mol. The Bertz CT molecular complexity index is 548. The van der Waals surface area contributed by atoms with Gasteiger partial charge in [0.15, 0.2) is 0 Å². The molecule has 1 aromatic rings. The fourth-order valence-corrected chi connectivity index (χ4v) is 3.74. The number of aliphatic hydroxyl groups excluding tert-OH is 2. The van der Waals surface area contributed by atoms with E-state index in [2.05, 4.69) is 0 Å². The van der Waals surface area contributed by atoms with Crippen molar-refractivity contribution >= 4 is 5.91 Å². The van der Waals surface area contributed by atoms with Crippen molar-refractivity contribution in [2.45, 2.75) is 0 Å². The third-order valence-electron chi connectivity index (χ3n) is 5.21. The van der Waals surface area contributed by atoms with Crippen molar-refractivity contribution in [1.82, 2.24) is 4.90 Å². The molecular formula is C16H21NO5. The van der Waals surface area contributed by atoms with Crippen LogP contribution >= 0.6 is 0 Å². The number of carbonyl (C=O) groups is 1. The van der Waals surface area contributed by atoms with Crippen molar-refractivity contribution < 1.29 is 24.5 Å². The van der Waals surface area contributed by atoms with Crippen LogP contribution in [0.2, 0.25) is 0 Å². The van der Waals surface area contributed by atoms with Crippen LogP contribution < -0.4 is 9.47 Å². The van der Waals surface area contributed by atoms with E-state index < -0.39 is 5.41 Å². The van der Waals surface area contributed by atoms with E-state index in [1.807, 2.05) is 0 Å². The summed E-state index contributed by atoms with van der Waals surface area (Å²) in [5.74, 6) is 1.19. The number of ether oxygens (including phenoxy) is 2. The summed E-state index contributed by atoms with van der Waals surface area (Å²) in [6.07, 6.45) is 0. The molecule has 1 aromatic carbocycles. The maximum absolute atomic E-state index is 12.8. The van der Waals surface area contributed by atoms with Gasteiger partial charge < -0.3 is 24.6 Å². The van der Waals surface area contributed by atoms with E-state index in [1.165, 1.54) is 14.2 Å². The third-order valence-corrected chi connectivity index (χ3v) is 5.21. The first-order valence-electron chi connectivity index (χ1n) is 7.35. The van der Waals surface area contributed by atoms with Gasteiger partial charge in [-0.3, -0.25) is 4.79 Å². The molecule has 1 saturated heterocycles. The third kappa shape index (κ3) is 1.98. The van der Waals surface area contributed by atoms with Crippen molar-refractivity contribution in [3.8, 4) is 11.5 Å². The van der Waals surface area contributed by atoms with Crippen molar-refractivity contribution in [1.29, 1.82) is 0 Å². The molecule has 0 aromatic heterocycles. The summed E-state index contributed by atoms with van der Waals surface area (Å²) in [4.78, 5) is 14.6. The molecule has 2 atom stereocenters. The Morgan fingerprint density at radius 3 is 2.09 bits per heavy atom. The van der Waals surface area contributed by atoms with Crippen LogP contribution in [0.4, 0.5) is 0 Å². The zero-order valence-corrected chi connectivity index (χ0v) is 12.8. The largest absolute Gasteiger partial charge is 0.496 e. The van der Waals surface area contributed by atoms with Gasteiger partial charge in [-0.2, -0.15) is 0 Å². The van der Waals surface area contributed by atoms with E-state index in [-0.39, 0.29) is 31.0 Å². The number of aliphatic hydroxyl groups is 2. The van der Waals surface area contributed by atoms with Crippen molar-refractivity contribution in [3.05, 3.63) is 23.8 Å². The van der Waals surface area contributed by atoms with Crippen molar-refractivity contribution in [2.24, 2.45) is 17.3 Å². The second kappa shape index (κ2) is 5.44. The summed E-state index contributed by atoms with van der Waals surface area (Å²) in [6.45, 7) is 1.04. The van der Waals surface area contributed by atoms with Gasteiger partial charge in [-0.15, -0.1) is 0 Å². The second-order valence-corrected chi connectivity index (χ2v) is 6.01. The Kier molecular flexibility index (Phi) is 3.74. The molecule has 2 aliphatic rings. The quantitative estimate of drug-likeness (QED) is 0.822. The van der Waals surface area contributed by atoms with E-state index in [9.17, 15) is 15.0 Å². The minimum atomic E-state index is -0.401. The van der Waals surface area contributed by atoms with E-state index >= 15 is 0 Å². The SMILES string of the molecule is COc1cccc(OC)c1C(=O)N1CC2C(C1)C2(CO)CO. The highest BCUT2D eigenvalue weighted by molar-refractivity contribution is 6.00. The van der Waals surface area contributed by atoms with Gasteiger partial charge in [0.1, 0.15) is 17.1 Å². The highest BCUT2D eigenvalue weighted by Crippen LogP contribution is 2.62. The van der Waals surface area contributed by atoms with Crippen LogP contribution in [0.25, 0.3) is 0 Å². The summed E-state index contributed by atoms with van der Waals surface area (Å²) in [5.41, 5.74) is 0.0224. The lowest BCUT2D eigenvalue weighted by Gasteiger charge is -2.25. The topological polar surface area (TPSA) is 79.2 Å². The lowest BCUT2D eigenvalue weighted by Crippen LogP contribution is -2.36. The fourth-order valence-electron chi connectivity index (χ4n) is 3.74. The molecule has 0 radical (unpaired) electrons. The maximum atomic E-state index is 12.8. The molecule has 2 fully saturated rings. The summed E-state index contributed by atoms with van der Waals surface area (Å²) in [7, 11) is 3.05. The standard InChI is InChI=1S/C16H21NO5/c1-21-12-4-3-5-13(22-2)14(12)15(20)17-6-10-11(7-17)16(10,8-18)9-19/h3-5,10-11,18-19H,6-9H2,1-2H3. The number of carbonyl (C=O) groups excluding carboxylic acids is 1. The molecule has 1 amide bonds. The van der Waals surface area contributed by atoms with Crippen LogP contribution in [-0.2, 0) is 0 Å². The molecule has 0 bridgehead atoms. The fraction of sp³-hybridized carbons (Fsp3) is 0.562. The van der Waals surface area contributed by atoms with Gasteiger partial charge in [-0.1, -0.05) is 6.07 Å². The van der Waals surface area contributed by atoms with Gasteiger partial charge in [0.2, 0.25) is 0 Å². The van der Waals surface area contributed by atoms with Crippen LogP contribution in [0.5, 0.6) is 11.5 Å². The lowest BCUT2D eigenvalue weighted by molar-refractivity contribution is 0.0632. The zero-order valence-electron chi connectivity index (χ0n) is 12.8. The number of amides is 1. The first kappa shape index (κ1) is 15.1. The van der Waals surface area contributed by atoms with E-state index in [0.717, 1.165) is 0 Å². The maximum Gasteiger partial charge on any atom is 0.261 e. The Morgan fingerprint density at radius 2 is 1.68 bits per heavy atom. The van der Waals surface area contributed by atoms with Crippen molar-refractivity contribution in [2.75, 3.05) is 40.5 Å². The highest BCUT2D eigenvalue weighted by Gasteiger charge is 2.68. The van der Waals surface area contributed by atoms with E-state index in [4.69, 9.17) is 9.47 Å². The van der Waals surface area contributed by atoms with Gasteiger partial charge in [0.25, 0.3) is 5.91 Å². The Balaban J connectivity index is 1.81. The molecule has 3 rings (SSSR count). The number of methoxy groups -OCH3 is 2. The van der Waals surface area contributed by atoms with Gasteiger partial charge in [0, 0.05) is 18.5 Å². The molecule has 2 N–H and O–H groups in total. The van der Waals surface area contributed by atoms with Crippen LogP contribution in [0.3, 0.4) is 0 Å². The summed E-state index contributed by atoms with van der Waals surface area (Å²) in [5, 5.41) is 18.9. The van der Waals surface area contributed by atoms with Gasteiger partial charge in [0.05, 0.1) is 27.4 Å². The number of nitrogens with zero attached hydrogens (tertiary/aromatic N) is 1. The Labute approximate surface area is 129 Å². The summed E-state index contributed by atoms with van der Waals surface area (Å²) in [6, 6.07) is 5.25. The second-order valence-electron chi connectivity index (χ2n) is 6.01. The molecule has 6 nitrogen and oxygen atoms in total. The monoisotopic (exact) mass is 307 g/mol. The van der Waals surface area contributed by atoms with Gasteiger partial charge in [-0.25, -0.2) is 0 Å². The zero-order chi connectivity index (χ0) is 15.9. The molecule has 120 valence electrons. The van der Waals surface area contributed by atoms with Gasteiger partial charge in [-0.05, 0) is 24.0 Å². The summed E-state index contributed by atoms with van der Waals surface area (Å²) < 4.78 is 10.6. The Hall–Kier alpha value is -1.79. The predicted molar refractivity (Wildman–Crippen MR) is 79.0 cm³/mol. The number of fused-ring (bicyclic) bond motifs is 1. The molecule has 1 aliphatic carbocycles. The normalized spacial score (nSPS) is 24.8. The average molecular weight is 307 g/mol. The molecule has 0 spiro atoms. The number of rotatable bonds is 5. The molecule has 6 heteroatoms.